The maximum Gasteiger partial charge on any atom is 0.239 e. The quantitative estimate of drug-likeness (QED) is 0.921. The molecule has 1 N–H and O–H groups in total. The zero-order valence-corrected chi connectivity index (χ0v) is 13.2. The Morgan fingerprint density at radius 3 is 3.14 bits per heavy atom. The average Bonchev–Trinajstić information content (AvgIpc) is 3.15. The number of anilines is 1. The number of nitriles is 1. The maximum atomic E-state index is 12.2. The van der Waals surface area contributed by atoms with E-state index in [-0.39, 0.29) is 12.5 Å². The molecule has 3 rings (SSSR count). The number of likely N-dealkylation sites (N-methyl/N-ethyl adjacent to an activating group) is 1. The predicted octanol–water partition coefficient (Wildman–Crippen LogP) is 2.77. The first-order chi connectivity index (χ1) is 10.7. The number of hydrogen-bond acceptors (Lipinski definition) is 5. The Kier molecular flexibility index (Phi) is 4.27. The van der Waals surface area contributed by atoms with E-state index >= 15 is 0 Å². The van der Waals surface area contributed by atoms with E-state index in [1.54, 1.807) is 17.6 Å². The smallest absolute Gasteiger partial charge is 0.239 e. The molecule has 0 aromatic carbocycles. The van der Waals surface area contributed by atoms with Crippen LogP contribution in [-0.2, 0) is 24.2 Å². The number of nitrogens with one attached hydrogen (secondary N) is 1. The molecule has 0 fully saturated rings. The highest BCUT2D eigenvalue weighted by Gasteiger charge is 2.23. The number of carbonyl (C=O) groups is 1. The van der Waals surface area contributed by atoms with E-state index in [2.05, 4.69) is 11.4 Å². The molecule has 2 heterocycles. The number of nitrogens with zero attached hydrogens (tertiary/aromatic N) is 2. The van der Waals surface area contributed by atoms with Crippen molar-refractivity contribution in [2.24, 2.45) is 0 Å². The Hall–Kier alpha value is -2.10. The summed E-state index contributed by atoms with van der Waals surface area (Å²) in [6, 6.07) is 5.95. The molecule has 0 spiro atoms. The Morgan fingerprint density at radius 2 is 2.41 bits per heavy atom. The first-order valence-electron chi connectivity index (χ1n) is 7.23. The molecule has 0 saturated heterocycles. The van der Waals surface area contributed by atoms with E-state index < -0.39 is 0 Å². The minimum absolute atomic E-state index is 0.106. The van der Waals surface area contributed by atoms with Crippen LogP contribution < -0.4 is 5.32 Å². The summed E-state index contributed by atoms with van der Waals surface area (Å²) in [5.74, 6) is 0.716. The number of amides is 1. The van der Waals surface area contributed by atoms with E-state index in [0.717, 1.165) is 30.6 Å². The zero-order valence-electron chi connectivity index (χ0n) is 12.4. The summed E-state index contributed by atoms with van der Waals surface area (Å²) in [7, 11) is 1.86. The van der Waals surface area contributed by atoms with Gasteiger partial charge in [-0.2, -0.15) is 5.26 Å². The first kappa shape index (κ1) is 14.8. The first-order valence-corrected chi connectivity index (χ1v) is 8.04. The summed E-state index contributed by atoms with van der Waals surface area (Å²) < 4.78 is 5.27. The van der Waals surface area contributed by atoms with Crippen molar-refractivity contribution in [1.29, 1.82) is 5.26 Å². The van der Waals surface area contributed by atoms with Crippen molar-refractivity contribution in [3.8, 4) is 6.07 Å². The molecule has 1 aliphatic rings. The molecule has 1 aliphatic carbocycles. The molecule has 2 aromatic heterocycles. The van der Waals surface area contributed by atoms with Crippen LogP contribution in [0, 0.1) is 11.3 Å². The number of aryl methyl sites for hydroxylation is 1. The van der Waals surface area contributed by atoms with Crippen molar-refractivity contribution >= 4 is 22.2 Å². The number of hydrogen-bond donors (Lipinski definition) is 1. The highest BCUT2D eigenvalue weighted by Crippen LogP contribution is 2.38. The third-order valence-electron chi connectivity index (χ3n) is 3.71. The fraction of sp³-hybridized carbons (Fsp3) is 0.375. The largest absolute Gasteiger partial charge is 0.468 e. The van der Waals surface area contributed by atoms with Crippen LogP contribution in [0.1, 0.15) is 28.2 Å². The number of rotatable bonds is 5. The van der Waals surface area contributed by atoms with Gasteiger partial charge in [0.05, 0.1) is 24.9 Å². The zero-order chi connectivity index (χ0) is 15.5. The van der Waals surface area contributed by atoms with Crippen LogP contribution in [0.15, 0.2) is 22.8 Å². The van der Waals surface area contributed by atoms with Gasteiger partial charge in [0.1, 0.15) is 16.8 Å². The highest BCUT2D eigenvalue weighted by atomic mass is 32.1. The van der Waals surface area contributed by atoms with E-state index in [4.69, 9.17) is 4.42 Å². The molecule has 0 unspecified atom stereocenters. The highest BCUT2D eigenvalue weighted by molar-refractivity contribution is 7.16. The molecule has 6 heteroatoms. The average molecular weight is 315 g/mol. The maximum absolute atomic E-state index is 12.2. The van der Waals surface area contributed by atoms with E-state index in [0.29, 0.717) is 17.1 Å². The van der Waals surface area contributed by atoms with Crippen LogP contribution >= 0.6 is 11.3 Å². The topological polar surface area (TPSA) is 69.3 Å². The SMILES string of the molecule is CN(CC(=O)Nc1sc2c(c1C#N)CCC2)Cc1ccco1. The van der Waals surface area contributed by atoms with Gasteiger partial charge >= 0.3 is 0 Å². The van der Waals surface area contributed by atoms with Crippen LogP contribution in [0.5, 0.6) is 0 Å². The molecule has 5 nitrogen and oxygen atoms in total. The molecule has 1 amide bonds. The monoisotopic (exact) mass is 315 g/mol. The van der Waals surface area contributed by atoms with Crippen molar-refractivity contribution in [3.05, 3.63) is 40.2 Å². The fourth-order valence-electron chi connectivity index (χ4n) is 2.75. The van der Waals surface area contributed by atoms with Gasteiger partial charge in [0, 0.05) is 4.88 Å². The Bertz CT molecular complexity index is 713. The Morgan fingerprint density at radius 1 is 1.55 bits per heavy atom. The van der Waals surface area contributed by atoms with Crippen molar-refractivity contribution in [3.63, 3.8) is 0 Å². The van der Waals surface area contributed by atoms with Gasteiger partial charge in [-0.1, -0.05) is 0 Å². The van der Waals surface area contributed by atoms with Crippen LogP contribution in [0.3, 0.4) is 0 Å². The molecule has 114 valence electrons. The summed E-state index contributed by atoms with van der Waals surface area (Å²) in [6.07, 6.45) is 4.69. The van der Waals surface area contributed by atoms with Crippen LogP contribution in [0.2, 0.25) is 0 Å². The molecular weight excluding hydrogens is 298 g/mol. The van der Waals surface area contributed by atoms with Crippen molar-refractivity contribution < 1.29 is 9.21 Å². The predicted molar refractivity (Wildman–Crippen MR) is 84.7 cm³/mol. The van der Waals surface area contributed by atoms with Crippen molar-refractivity contribution in [2.45, 2.75) is 25.8 Å². The third-order valence-corrected chi connectivity index (χ3v) is 4.91. The van der Waals surface area contributed by atoms with Crippen molar-refractivity contribution in [2.75, 3.05) is 18.9 Å². The third kappa shape index (κ3) is 3.06. The number of carbonyl (C=O) groups excluding carboxylic acids is 1. The fourth-order valence-corrected chi connectivity index (χ4v) is 4.00. The minimum Gasteiger partial charge on any atom is -0.468 e. The molecule has 0 aliphatic heterocycles. The number of furan rings is 1. The second-order valence-corrected chi connectivity index (χ2v) is 6.58. The summed E-state index contributed by atoms with van der Waals surface area (Å²) >= 11 is 1.54. The summed E-state index contributed by atoms with van der Waals surface area (Å²) in [5, 5.41) is 12.9. The summed E-state index contributed by atoms with van der Waals surface area (Å²) in [4.78, 5) is 15.3. The normalized spacial score (nSPS) is 13.1. The van der Waals surface area contributed by atoms with Crippen LogP contribution in [0.4, 0.5) is 5.00 Å². The lowest BCUT2D eigenvalue weighted by Gasteiger charge is -2.14. The van der Waals surface area contributed by atoms with Gasteiger partial charge in [-0.05, 0) is 44.0 Å². The molecule has 0 saturated carbocycles. The summed E-state index contributed by atoms with van der Waals surface area (Å²) in [5.41, 5.74) is 1.78. The molecule has 22 heavy (non-hydrogen) atoms. The molecule has 0 atom stereocenters. The molecule has 0 radical (unpaired) electrons. The lowest BCUT2D eigenvalue weighted by atomic mass is 10.1. The second-order valence-electron chi connectivity index (χ2n) is 5.47. The van der Waals surface area contributed by atoms with Gasteiger partial charge in [0.2, 0.25) is 5.91 Å². The van der Waals surface area contributed by atoms with Gasteiger partial charge in [-0.25, -0.2) is 0 Å². The van der Waals surface area contributed by atoms with Gasteiger partial charge in [0.15, 0.2) is 0 Å². The molecular formula is C16H17N3O2S. The van der Waals surface area contributed by atoms with E-state index in [1.807, 2.05) is 24.1 Å². The van der Waals surface area contributed by atoms with Gasteiger partial charge in [-0.15, -0.1) is 11.3 Å². The van der Waals surface area contributed by atoms with Crippen molar-refractivity contribution in [1.82, 2.24) is 4.90 Å². The van der Waals surface area contributed by atoms with E-state index in [9.17, 15) is 10.1 Å². The number of thiophene rings is 1. The van der Waals surface area contributed by atoms with Crippen LogP contribution in [-0.4, -0.2) is 24.4 Å². The molecule has 2 aromatic rings. The number of fused-ring (bicyclic) bond motifs is 1. The summed E-state index contributed by atoms with van der Waals surface area (Å²) in [6.45, 7) is 0.834. The lowest BCUT2D eigenvalue weighted by Crippen LogP contribution is -2.29. The van der Waals surface area contributed by atoms with Gasteiger partial charge in [0.25, 0.3) is 0 Å². The Balaban J connectivity index is 1.61. The van der Waals surface area contributed by atoms with Crippen LogP contribution in [0.25, 0.3) is 0 Å². The van der Waals surface area contributed by atoms with Gasteiger partial charge < -0.3 is 9.73 Å². The minimum atomic E-state index is -0.106. The molecule has 0 bridgehead atoms. The van der Waals surface area contributed by atoms with E-state index in [1.165, 1.54) is 4.88 Å². The Labute approximate surface area is 133 Å². The lowest BCUT2D eigenvalue weighted by molar-refractivity contribution is -0.117. The standard InChI is InChI=1S/C16H17N3O2S/c1-19(9-11-4-3-7-21-11)10-15(20)18-16-13(8-17)12-5-2-6-14(12)22-16/h3-4,7H,2,5-6,9-10H2,1H3,(H,18,20). The second kappa shape index (κ2) is 6.34. The van der Waals surface area contributed by atoms with Gasteiger partial charge in [-0.3, -0.25) is 9.69 Å².